The Bertz CT molecular complexity index is 452. The van der Waals surface area contributed by atoms with Crippen LogP contribution in [0.15, 0.2) is 28.7 Å². The van der Waals surface area contributed by atoms with Crippen LogP contribution in [-0.4, -0.2) is 68.4 Å². The van der Waals surface area contributed by atoms with E-state index in [0.29, 0.717) is 6.04 Å². The molecule has 1 aromatic carbocycles. The zero-order valence-electron chi connectivity index (χ0n) is 12.3. The predicted molar refractivity (Wildman–Crippen MR) is 86.9 cm³/mol. The van der Waals surface area contributed by atoms with Crippen LogP contribution in [0.25, 0.3) is 0 Å². The third-order valence-corrected chi connectivity index (χ3v) is 4.78. The molecule has 0 spiro atoms. The van der Waals surface area contributed by atoms with Gasteiger partial charge in [0, 0.05) is 36.7 Å². The van der Waals surface area contributed by atoms with Crippen LogP contribution < -0.4 is 4.74 Å². The SMILES string of the molecule is Brc1cccc(OCCN2CCC(N3CCOCC3)C2)c1. The zero-order valence-corrected chi connectivity index (χ0v) is 13.9. The molecule has 1 unspecified atom stereocenters. The summed E-state index contributed by atoms with van der Waals surface area (Å²) in [4.78, 5) is 5.09. The van der Waals surface area contributed by atoms with Crippen LogP contribution in [0.5, 0.6) is 5.75 Å². The molecule has 5 heteroatoms. The van der Waals surface area contributed by atoms with Gasteiger partial charge in [-0.3, -0.25) is 9.80 Å². The second-order valence-corrected chi connectivity index (χ2v) is 6.61. The Morgan fingerprint density at radius 1 is 1.24 bits per heavy atom. The Morgan fingerprint density at radius 3 is 2.90 bits per heavy atom. The first-order valence-electron chi connectivity index (χ1n) is 7.74. The molecule has 116 valence electrons. The highest BCUT2D eigenvalue weighted by molar-refractivity contribution is 9.10. The first-order chi connectivity index (χ1) is 10.3. The van der Waals surface area contributed by atoms with E-state index in [-0.39, 0.29) is 0 Å². The summed E-state index contributed by atoms with van der Waals surface area (Å²) >= 11 is 3.47. The molecule has 0 bridgehead atoms. The van der Waals surface area contributed by atoms with E-state index in [1.54, 1.807) is 0 Å². The monoisotopic (exact) mass is 354 g/mol. The highest BCUT2D eigenvalue weighted by Crippen LogP contribution is 2.19. The Hall–Kier alpha value is -0.620. The third-order valence-electron chi connectivity index (χ3n) is 4.28. The maximum Gasteiger partial charge on any atom is 0.120 e. The molecule has 0 amide bonds. The van der Waals surface area contributed by atoms with Crippen molar-refractivity contribution in [3.8, 4) is 5.75 Å². The topological polar surface area (TPSA) is 24.9 Å². The summed E-state index contributed by atoms with van der Waals surface area (Å²) in [5, 5.41) is 0. The zero-order chi connectivity index (χ0) is 14.5. The van der Waals surface area contributed by atoms with Crippen LogP contribution in [0.4, 0.5) is 0 Å². The van der Waals surface area contributed by atoms with Crippen LogP contribution in [0.2, 0.25) is 0 Å². The van der Waals surface area contributed by atoms with Crippen LogP contribution in [0.3, 0.4) is 0 Å². The number of benzene rings is 1. The van der Waals surface area contributed by atoms with E-state index in [9.17, 15) is 0 Å². The van der Waals surface area contributed by atoms with E-state index in [1.807, 2.05) is 24.3 Å². The van der Waals surface area contributed by atoms with Crippen molar-refractivity contribution < 1.29 is 9.47 Å². The Labute approximate surface area is 135 Å². The fraction of sp³-hybridized carbons (Fsp3) is 0.625. The van der Waals surface area contributed by atoms with Crippen molar-refractivity contribution in [2.24, 2.45) is 0 Å². The van der Waals surface area contributed by atoms with Gasteiger partial charge in [-0.05, 0) is 31.2 Å². The minimum Gasteiger partial charge on any atom is -0.492 e. The van der Waals surface area contributed by atoms with Crippen LogP contribution in [0.1, 0.15) is 6.42 Å². The van der Waals surface area contributed by atoms with E-state index in [2.05, 4.69) is 25.7 Å². The van der Waals surface area contributed by atoms with Crippen molar-refractivity contribution in [3.05, 3.63) is 28.7 Å². The summed E-state index contributed by atoms with van der Waals surface area (Å²) < 4.78 is 12.3. The average molecular weight is 355 g/mol. The van der Waals surface area contributed by atoms with E-state index in [4.69, 9.17) is 9.47 Å². The molecule has 4 nitrogen and oxygen atoms in total. The van der Waals surface area contributed by atoms with Gasteiger partial charge >= 0.3 is 0 Å². The van der Waals surface area contributed by atoms with Gasteiger partial charge in [0.05, 0.1) is 13.2 Å². The fourth-order valence-corrected chi connectivity index (χ4v) is 3.48. The van der Waals surface area contributed by atoms with Crippen molar-refractivity contribution in [1.82, 2.24) is 9.80 Å². The average Bonchev–Trinajstić information content (AvgIpc) is 2.97. The van der Waals surface area contributed by atoms with E-state index in [0.717, 1.165) is 49.7 Å². The van der Waals surface area contributed by atoms with Gasteiger partial charge in [0.15, 0.2) is 0 Å². The molecular weight excluding hydrogens is 332 g/mol. The molecule has 0 N–H and O–H groups in total. The molecule has 21 heavy (non-hydrogen) atoms. The molecule has 0 saturated carbocycles. The molecule has 2 aliphatic heterocycles. The molecule has 0 radical (unpaired) electrons. The molecule has 0 aromatic heterocycles. The smallest absolute Gasteiger partial charge is 0.120 e. The normalized spacial score (nSPS) is 24.3. The highest BCUT2D eigenvalue weighted by Gasteiger charge is 2.28. The summed E-state index contributed by atoms with van der Waals surface area (Å²) in [6, 6.07) is 8.75. The van der Waals surface area contributed by atoms with Crippen LogP contribution in [-0.2, 0) is 4.74 Å². The molecular formula is C16H23BrN2O2. The van der Waals surface area contributed by atoms with Gasteiger partial charge in [-0.1, -0.05) is 22.0 Å². The standard InChI is InChI=1S/C16H23BrN2O2/c17-14-2-1-3-16(12-14)21-11-6-18-5-4-15(13-18)19-7-9-20-10-8-19/h1-3,12,15H,4-11,13H2. The van der Waals surface area contributed by atoms with Crippen molar-refractivity contribution in [1.29, 1.82) is 0 Å². The van der Waals surface area contributed by atoms with E-state index < -0.39 is 0 Å². The second kappa shape index (κ2) is 7.58. The molecule has 2 saturated heterocycles. The molecule has 2 fully saturated rings. The Kier molecular flexibility index (Phi) is 5.52. The molecule has 0 aliphatic carbocycles. The number of halogens is 1. The van der Waals surface area contributed by atoms with Crippen molar-refractivity contribution in [2.75, 3.05) is 52.5 Å². The number of rotatable bonds is 5. The summed E-state index contributed by atoms with van der Waals surface area (Å²) in [6.07, 6.45) is 1.27. The number of hydrogen-bond acceptors (Lipinski definition) is 4. The van der Waals surface area contributed by atoms with Crippen LogP contribution >= 0.6 is 15.9 Å². The maximum atomic E-state index is 5.82. The van der Waals surface area contributed by atoms with Gasteiger partial charge in [0.25, 0.3) is 0 Å². The van der Waals surface area contributed by atoms with Gasteiger partial charge in [-0.25, -0.2) is 0 Å². The van der Waals surface area contributed by atoms with Gasteiger partial charge in [0.1, 0.15) is 12.4 Å². The second-order valence-electron chi connectivity index (χ2n) is 5.70. The summed E-state index contributed by atoms with van der Waals surface area (Å²) in [5.74, 6) is 0.938. The third kappa shape index (κ3) is 4.42. The largest absolute Gasteiger partial charge is 0.492 e. The van der Waals surface area contributed by atoms with E-state index in [1.165, 1.54) is 19.5 Å². The first-order valence-corrected chi connectivity index (χ1v) is 8.53. The fourth-order valence-electron chi connectivity index (χ4n) is 3.11. The Morgan fingerprint density at radius 2 is 2.10 bits per heavy atom. The minimum absolute atomic E-state index is 0.708. The first kappa shape index (κ1) is 15.3. The quantitative estimate of drug-likeness (QED) is 0.809. The summed E-state index contributed by atoms with van der Waals surface area (Å²) in [7, 11) is 0. The molecule has 1 atom stereocenters. The Balaban J connectivity index is 1.38. The van der Waals surface area contributed by atoms with Crippen LogP contribution in [0, 0.1) is 0 Å². The number of ether oxygens (including phenoxy) is 2. The predicted octanol–water partition coefficient (Wildman–Crippen LogP) is 2.23. The number of hydrogen-bond donors (Lipinski definition) is 0. The van der Waals surface area contributed by atoms with Crippen molar-refractivity contribution in [3.63, 3.8) is 0 Å². The van der Waals surface area contributed by atoms with Crippen molar-refractivity contribution in [2.45, 2.75) is 12.5 Å². The van der Waals surface area contributed by atoms with Gasteiger partial charge < -0.3 is 9.47 Å². The van der Waals surface area contributed by atoms with Crippen molar-refractivity contribution >= 4 is 15.9 Å². The van der Waals surface area contributed by atoms with Gasteiger partial charge in [-0.2, -0.15) is 0 Å². The number of morpholine rings is 1. The lowest BCUT2D eigenvalue weighted by atomic mass is 10.2. The summed E-state index contributed by atoms with van der Waals surface area (Å²) in [6.45, 7) is 8.08. The van der Waals surface area contributed by atoms with E-state index >= 15 is 0 Å². The number of likely N-dealkylation sites (tertiary alicyclic amines) is 1. The molecule has 2 aliphatic rings. The number of nitrogens with zero attached hydrogens (tertiary/aromatic N) is 2. The lowest BCUT2D eigenvalue weighted by molar-refractivity contribution is 0.0183. The molecule has 1 aromatic rings. The lowest BCUT2D eigenvalue weighted by Crippen LogP contribution is -2.44. The highest BCUT2D eigenvalue weighted by atomic mass is 79.9. The summed E-state index contributed by atoms with van der Waals surface area (Å²) in [5.41, 5.74) is 0. The lowest BCUT2D eigenvalue weighted by Gasteiger charge is -2.32. The molecule has 2 heterocycles. The maximum absolute atomic E-state index is 5.82. The van der Waals surface area contributed by atoms with Gasteiger partial charge in [0.2, 0.25) is 0 Å². The van der Waals surface area contributed by atoms with Gasteiger partial charge in [-0.15, -0.1) is 0 Å². The molecule has 3 rings (SSSR count). The minimum atomic E-state index is 0.708.